The van der Waals surface area contributed by atoms with Crippen molar-refractivity contribution in [1.82, 2.24) is 15.1 Å². The summed E-state index contributed by atoms with van der Waals surface area (Å²) in [7, 11) is 3.45. The number of carbonyl (C=O) groups is 1. The van der Waals surface area contributed by atoms with Gasteiger partial charge in [-0.3, -0.25) is 4.79 Å². The number of amides is 1. The molecule has 0 bridgehead atoms. The molecule has 9 heteroatoms. The molecule has 1 amide bonds. The third-order valence-electron chi connectivity index (χ3n) is 3.47. The highest BCUT2D eigenvalue weighted by atomic mass is 32.2. The number of nitrogens with zero attached hydrogens (tertiary/aromatic N) is 3. The second kappa shape index (κ2) is 9.02. The van der Waals surface area contributed by atoms with Gasteiger partial charge in [0.15, 0.2) is 4.34 Å². The standard InChI is InChI=1S/C17H18N4O2S3/c1-21(10-14-4-3-9-24-14)15(22)11-25-17-20-19-16(26-17)18-12-5-7-13(23-2)8-6-12/h3-9H,10-11H2,1-2H3,(H,18,19). The van der Waals surface area contributed by atoms with Crippen LogP contribution in [0, 0.1) is 0 Å². The van der Waals surface area contributed by atoms with E-state index < -0.39 is 0 Å². The fourth-order valence-electron chi connectivity index (χ4n) is 2.07. The predicted octanol–water partition coefficient (Wildman–Crippen LogP) is 4.10. The third kappa shape index (κ3) is 5.20. The van der Waals surface area contributed by atoms with Crippen LogP contribution in [0.15, 0.2) is 46.1 Å². The molecule has 0 unspecified atom stereocenters. The number of ether oxygens (including phenoxy) is 1. The van der Waals surface area contributed by atoms with Gasteiger partial charge in [-0.25, -0.2) is 0 Å². The Morgan fingerprint density at radius 1 is 1.27 bits per heavy atom. The molecule has 0 aliphatic carbocycles. The van der Waals surface area contributed by atoms with Crippen molar-refractivity contribution in [1.29, 1.82) is 0 Å². The minimum atomic E-state index is 0.0725. The Kier molecular flexibility index (Phi) is 6.48. The summed E-state index contributed by atoms with van der Waals surface area (Å²) in [6, 6.07) is 11.6. The van der Waals surface area contributed by atoms with Crippen molar-refractivity contribution >= 4 is 51.2 Å². The van der Waals surface area contributed by atoms with Crippen molar-refractivity contribution in [3.63, 3.8) is 0 Å². The minimum absolute atomic E-state index is 0.0725. The van der Waals surface area contributed by atoms with Crippen molar-refractivity contribution in [3.05, 3.63) is 46.7 Å². The van der Waals surface area contributed by atoms with E-state index in [1.54, 1.807) is 23.3 Å². The number of methoxy groups -OCH3 is 1. The Balaban J connectivity index is 1.49. The summed E-state index contributed by atoms with van der Waals surface area (Å²) in [6.45, 7) is 0.636. The molecule has 0 saturated heterocycles. The lowest BCUT2D eigenvalue weighted by atomic mass is 10.3. The van der Waals surface area contributed by atoms with Gasteiger partial charge in [0, 0.05) is 17.6 Å². The number of nitrogens with one attached hydrogen (secondary N) is 1. The Labute approximate surface area is 164 Å². The summed E-state index contributed by atoms with van der Waals surface area (Å²) in [5.41, 5.74) is 0.908. The van der Waals surface area contributed by atoms with E-state index in [0.717, 1.165) is 15.8 Å². The number of thioether (sulfide) groups is 1. The molecule has 26 heavy (non-hydrogen) atoms. The van der Waals surface area contributed by atoms with E-state index >= 15 is 0 Å². The predicted molar refractivity (Wildman–Crippen MR) is 108 cm³/mol. The molecule has 0 fully saturated rings. The number of aromatic nitrogens is 2. The summed E-state index contributed by atoms with van der Waals surface area (Å²) in [5.74, 6) is 1.22. The van der Waals surface area contributed by atoms with Gasteiger partial charge >= 0.3 is 0 Å². The molecule has 0 atom stereocenters. The fraction of sp³-hybridized carbons (Fsp3) is 0.235. The number of rotatable bonds is 8. The summed E-state index contributed by atoms with van der Waals surface area (Å²) in [4.78, 5) is 15.1. The zero-order chi connectivity index (χ0) is 18.4. The molecule has 0 radical (unpaired) electrons. The van der Waals surface area contributed by atoms with E-state index in [4.69, 9.17) is 4.74 Å². The number of hydrogen-bond acceptors (Lipinski definition) is 8. The summed E-state index contributed by atoms with van der Waals surface area (Å²) in [6.07, 6.45) is 0. The first kappa shape index (κ1) is 18.7. The van der Waals surface area contributed by atoms with Gasteiger partial charge in [-0.1, -0.05) is 29.2 Å². The zero-order valence-electron chi connectivity index (χ0n) is 14.3. The number of hydrogen-bond donors (Lipinski definition) is 1. The van der Waals surface area contributed by atoms with E-state index in [9.17, 15) is 4.79 Å². The van der Waals surface area contributed by atoms with Gasteiger partial charge in [-0.2, -0.15) is 0 Å². The number of thiophene rings is 1. The van der Waals surface area contributed by atoms with Crippen LogP contribution in [-0.2, 0) is 11.3 Å². The number of carbonyl (C=O) groups excluding carboxylic acids is 1. The van der Waals surface area contributed by atoms with E-state index in [0.29, 0.717) is 17.4 Å². The first-order valence-electron chi connectivity index (χ1n) is 7.78. The summed E-state index contributed by atoms with van der Waals surface area (Å²) < 4.78 is 5.90. The van der Waals surface area contributed by atoms with Crippen LogP contribution in [0.4, 0.5) is 10.8 Å². The van der Waals surface area contributed by atoms with E-state index in [1.165, 1.54) is 28.0 Å². The monoisotopic (exact) mass is 406 g/mol. The molecule has 3 rings (SSSR count). The molecule has 0 saturated carbocycles. The van der Waals surface area contributed by atoms with E-state index in [-0.39, 0.29) is 5.91 Å². The van der Waals surface area contributed by atoms with Gasteiger partial charge in [0.1, 0.15) is 5.75 Å². The Morgan fingerprint density at radius 3 is 2.77 bits per heavy atom. The van der Waals surface area contributed by atoms with Crippen LogP contribution in [0.25, 0.3) is 0 Å². The molecular weight excluding hydrogens is 388 g/mol. The van der Waals surface area contributed by atoms with Crippen LogP contribution in [0.2, 0.25) is 0 Å². The van der Waals surface area contributed by atoms with Crippen molar-refractivity contribution < 1.29 is 9.53 Å². The van der Waals surface area contributed by atoms with E-state index in [2.05, 4.69) is 15.5 Å². The molecule has 2 aromatic heterocycles. The Hall–Kier alpha value is -2.10. The van der Waals surface area contributed by atoms with Crippen molar-refractivity contribution in [3.8, 4) is 5.75 Å². The zero-order valence-corrected chi connectivity index (χ0v) is 16.8. The largest absolute Gasteiger partial charge is 0.497 e. The van der Waals surface area contributed by atoms with Gasteiger partial charge in [-0.05, 0) is 35.7 Å². The number of anilines is 2. The van der Waals surface area contributed by atoms with Crippen LogP contribution in [-0.4, -0.2) is 40.9 Å². The average Bonchev–Trinajstić information content (AvgIpc) is 3.32. The smallest absolute Gasteiger partial charge is 0.233 e. The van der Waals surface area contributed by atoms with Gasteiger partial charge in [0.25, 0.3) is 0 Å². The molecule has 2 heterocycles. The number of benzene rings is 1. The van der Waals surface area contributed by atoms with Crippen LogP contribution in [0.5, 0.6) is 5.75 Å². The first-order valence-corrected chi connectivity index (χ1v) is 10.5. The summed E-state index contributed by atoms with van der Waals surface area (Å²) in [5, 5.41) is 14.2. The maximum Gasteiger partial charge on any atom is 0.233 e. The molecule has 0 spiro atoms. The van der Waals surface area contributed by atoms with Crippen LogP contribution >= 0.6 is 34.4 Å². The molecule has 1 aromatic carbocycles. The van der Waals surface area contributed by atoms with Crippen molar-refractivity contribution in [2.45, 2.75) is 10.9 Å². The molecule has 6 nitrogen and oxygen atoms in total. The maximum atomic E-state index is 12.2. The highest BCUT2D eigenvalue weighted by Gasteiger charge is 2.13. The van der Waals surface area contributed by atoms with Crippen LogP contribution < -0.4 is 10.1 Å². The molecule has 0 aliphatic heterocycles. The van der Waals surface area contributed by atoms with Crippen LogP contribution in [0.3, 0.4) is 0 Å². The quantitative estimate of drug-likeness (QED) is 0.568. The van der Waals surface area contributed by atoms with Gasteiger partial charge in [-0.15, -0.1) is 21.5 Å². The Bertz CT molecular complexity index is 834. The molecular formula is C17H18N4O2S3. The topological polar surface area (TPSA) is 67.3 Å². The molecule has 136 valence electrons. The van der Waals surface area contributed by atoms with Gasteiger partial charge in [0.2, 0.25) is 11.0 Å². The molecule has 1 N–H and O–H groups in total. The molecule has 3 aromatic rings. The first-order chi connectivity index (χ1) is 12.6. The molecule has 0 aliphatic rings. The average molecular weight is 407 g/mol. The lowest BCUT2D eigenvalue weighted by Gasteiger charge is -2.15. The minimum Gasteiger partial charge on any atom is -0.497 e. The second-order valence-corrected chi connectivity index (χ2v) is 8.58. The SMILES string of the molecule is COc1ccc(Nc2nnc(SCC(=O)N(C)Cc3cccs3)s2)cc1. The van der Waals surface area contributed by atoms with Gasteiger partial charge < -0.3 is 15.0 Å². The van der Waals surface area contributed by atoms with Gasteiger partial charge in [0.05, 0.1) is 19.4 Å². The highest BCUT2D eigenvalue weighted by Crippen LogP contribution is 2.28. The third-order valence-corrected chi connectivity index (χ3v) is 6.28. The lowest BCUT2D eigenvalue weighted by Crippen LogP contribution is -2.27. The Morgan fingerprint density at radius 2 is 2.08 bits per heavy atom. The fourth-order valence-corrected chi connectivity index (χ4v) is 4.54. The maximum absolute atomic E-state index is 12.2. The second-order valence-electron chi connectivity index (χ2n) is 5.34. The normalized spacial score (nSPS) is 10.5. The van der Waals surface area contributed by atoms with E-state index in [1.807, 2.05) is 48.8 Å². The highest BCUT2D eigenvalue weighted by molar-refractivity contribution is 8.01. The summed E-state index contributed by atoms with van der Waals surface area (Å²) >= 11 is 4.48. The lowest BCUT2D eigenvalue weighted by molar-refractivity contribution is -0.127. The van der Waals surface area contributed by atoms with Crippen LogP contribution in [0.1, 0.15) is 4.88 Å². The van der Waals surface area contributed by atoms with Crippen molar-refractivity contribution in [2.75, 3.05) is 25.2 Å². The van der Waals surface area contributed by atoms with Crippen molar-refractivity contribution in [2.24, 2.45) is 0 Å².